The quantitative estimate of drug-likeness (QED) is 0.757. The van der Waals surface area contributed by atoms with Crippen molar-refractivity contribution in [3.8, 4) is 0 Å². The summed E-state index contributed by atoms with van der Waals surface area (Å²) in [6.45, 7) is 1.73. The minimum absolute atomic E-state index is 0.106. The molecule has 0 aromatic carbocycles. The normalized spacial score (nSPS) is 12.8. The molecule has 4 nitrogen and oxygen atoms in total. The van der Waals surface area contributed by atoms with Crippen LogP contribution in [0.25, 0.3) is 0 Å². The fourth-order valence-electron chi connectivity index (χ4n) is 1.24. The van der Waals surface area contributed by atoms with Crippen LogP contribution in [0, 0.1) is 0 Å². The van der Waals surface area contributed by atoms with Crippen molar-refractivity contribution in [3.05, 3.63) is 17.0 Å². The molecule has 0 atom stereocenters. The predicted octanol–water partition coefficient (Wildman–Crippen LogP) is 2.09. The van der Waals surface area contributed by atoms with Gasteiger partial charge in [-0.1, -0.05) is 6.92 Å². The molecule has 0 aliphatic heterocycles. The van der Waals surface area contributed by atoms with Crippen molar-refractivity contribution < 1.29 is 21.6 Å². The maximum absolute atomic E-state index is 12.0. The first-order valence-corrected chi connectivity index (χ1v) is 7.95. The Hall–Kier alpha value is -0.640. The van der Waals surface area contributed by atoms with Gasteiger partial charge in [0.1, 0.15) is 10.8 Å². The standard InChI is InChI=1S/C10H15F3N2O2S2/c1-2-3-14-5-8-4-9(18-6-8)19(16,17)15-7-10(11,12)13/h4,6,14-15H,2-3,5,7H2,1H3. The number of sulfonamides is 1. The Kier molecular flexibility index (Phi) is 5.78. The molecular weight excluding hydrogens is 301 g/mol. The van der Waals surface area contributed by atoms with Gasteiger partial charge in [-0.3, -0.25) is 0 Å². The number of hydrogen-bond acceptors (Lipinski definition) is 4. The van der Waals surface area contributed by atoms with Crippen LogP contribution in [-0.4, -0.2) is 27.7 Å². The number of halogens is 3. The van der Waals surface area contributed by atoms with E-state index in [1.165, 1.54) is 10.8 Å². The van der Waals surface area contributed by atoms with Crippen molar-refractivity contribution in [2.24, 2.45) is 0 Å². The van der Waals surface area contributed by atoms with E-state index in [0.29, 0.717) is 6.54 Å². The molecule has 19 heavy (non-hydrogen) atoms. The van der Waals surface area contributed by atoms with E-state index in [4.69, 9.17) is 0 Å². The lowest BCUT2D eigenvalue weighted by atomic mass is 10.3. The molecule has 0 saturated heterocycles. The lowest BCUT2D eigenvalue weighted by Gasteiger charge is -2.07. The molecule has 0 aliphatic rings. The monoisotopic (exact) mass is 316 g/mol. The third-order valence-corrected chi connectivity index (χ3v) is 5.00. The van der Waals surface area contributed by atoms with E-state index in [0.717, 1.165) is 29.9 Å². The van der Waals surface area contributed by atoms with Crippen LogP contribution in [0.3, 0.4) is 0 Å². The van der Waals surface area contributed by atoms with Gasteiger partial charge in [0.2, 0.25) is 10.0 Å². The molecule has 1 aromatic heterocycles. The van der Waals surface area contributed by atoms with E-state index in [2.05, 4.69) is 5.32 Å². The molecule has 2 N–H and O–H groups in total. The summed E-state index contributed by atoms with van der Waals surface area (Å²) >= 11 is 0.907. The van der Waals surface area contributed by atoms with Gasteiger partial charge in [-0.25, -0.2) is 13.1 Å². The maximum Gasteiger partial charge on any atom is 0.402 e. The third kappa shape index (κ3) is 5.89. The summed E-state index contributed by atoms with van der Waals surface area (Å²) in [6, 6.07) is 1.38. The zero-order chi connectivity index (χ0) is 14.5. The van der Waals surface area contributed by atoms with Crippen molar-refractivity contribution in [2.75, 3.05) is 13.1 Å². The molecule has 0 amide bonds. The Balaban J connectivity index is 2.64. The molecule has 1 heterocycles. The van der Waals surface area contributed by atoms with Gasteiger partial charge in [-0.2, -0.15) is 13.2 Å². The van der Waals surface area contributed by atoms with E-state index in [9.17, 15) is 21.6 Å². The van der Waals surface area contributed by atoms with Gasteiger partial charge in [-0.05, 0) is 30.0 Å². The SMILES string of the molecule is CCCNCc1csc(S(=O)(=O)NCC(F)(F)F)c1. The van der Waals surface area contributed by atoms with Crippen molar-refractivity contribution in [3.63, 3.8) is 0 Å². The van der Waals surface area contributed by atoms with Crippen molar-refractivity contribution in [2.45, 2.75) is 30.3 Å². The molecule has 110 valence electrons. The topological polar surface area (TPSA) is 58.2 Å². The molecule has 0 radical (unpaired) electrons. The molecule has 1 aromatic rings. The second-order valence-corrected chi connectivity index (χ2v) is 6.80. The van der Waals surface area contributed by atoms with Gasteiger partial charge in [0.05, 0.1) is 0 Å². The number of thiophene rings is 1. The average molecular weight is 316 g/mol. The van der Waals surface area contributed by atoms with Gasteiger partial charge in [0.25, 0.3) is 0 Å². The minimum Gasteiger partial charge on any atom is -0.313 e. The van der Waals surface area contributed by atoms with Gasteiger partial charge in [0, 0.05) is 6.54 Å². The third-order valence-electron chi connectivity index (χ3n) is 2.11. The highest BCUT2D eigenvalue weighted by atomic mass is 32.2. The van der Waals surface area contributed by atoms with Gasteiger partial charge in [0.15, 0.2) is 0 Å². The van der Waals surface area contributed by atoms with Crippen LogP contribution in [0.2, 0.25) is 0 Å². The fraction of sp³-hybridized carbons (Fsp3) is 0.600. The van der Waals surface area contributed by atoms with Gasteiger partial charge < -0.3 is 5.32 Å². The van der Waals surface area contributed by atoms with Gasteiger partial charge >= 0.3 is 6.18 Å². The Labute approximate surface area is 114 Å². The van der Waals surface area contributed by atoms with Crippen LogP contribution >= 0.6 is 11.3 Å². The summed E-state index contributed by atoms with van der Waals surface area (Å²) in [5.74, 6) is 0. The van der Waals surface area contributed by atoms with Crippen molar-refractivity contribution in [1.82, 2.24) is 10.0 Å². The smallest absolute Gasteiger partial charge is 0.313 e. The van der Waals surface area contributed by atoms with Gasteiger partial charge in [-0.15, -0.1) is 11.3 Å². The lowest BCUT2D eigenvalue weighted by molar-refractivity contribution is -0.121. The largest absolute Gasteiger partial charge is 0.402 e. The second-order valence-electron chi connectivity index (χ2n) is 3.89. The van der Waals surface area contributed by atoms with Crippen molar-refractivity contribution in [1.29, 1.82) is 0 Å². The van der Waals surface area contributed by atoms with E-state index >= 15 is 0 Å². The number of alkyl halides is 3. The fourth-order valence-corrected chi connectivity index (χ4v) is 3.51. The average Bonchev–Trinajstić information content (AvgIpc) is 2.76. The Morgan fingerprint density at radius 3 is 2.63 bits per heavy atom. The van der Waals surface area contributed by atoms with E-state index in [-0.39, 0.29) is 4.21 Å². The predicted molar refractivity (Wildman–Crippen MR) is 67.6 cm³/mol. The summed E-state index contributed by atoms with van der Waals surface area (Å²) < 4.78 is 60.6. The molecule has 9 heteroatoms. The molecule has 1 rings (SSSR count). The molecule has 0 fully saturated rings. The van der Waals surface area contributed by atoms with Crippen LogP contribution in [0.5, 0.6) is 0 Å². The highest BCUT2D eigenvalue weighted by Crippen LogP contribution is 2.21. The van der Waals surface area contributed by atoms with Crippen molar-refractivity contribution >= 4 is 21.4 Å². The summed E-state index contributed by atoms with van der Waals surface area (Å²) in [5, 5.41) is 4.70. The van der Waals surface area contributed by atoms with Crippen LogP contribution < -0.4 is 10.0 Å². The zero-order valence-electron chi connectivity index (χ0n) is 10.3. The zero-order valence-corrected chi connectivity index (χ0v) is 11.9. The molecular formula is C10H15F3N2O2S2. The highest BCUT2D eigenvalue weighted by molar-refractivity contribution is 7.91. The summed E-state index contributed by atoms with van der Waals surface area (Å²) in [5.41, 5.74) is 0.742. The Morgan fingerprint density at radius 2 is 2.05 bits per heavy atom. The first kappa shape index (κ1) is 16.4. The van der Waals surface area contributed by atoms with Crippen LogP contribution in [0.1, 0.15) is 18.9 Å². The maximum atomic E-state index is 12.0. The Bertz CT molecular complexity index is 497. The minimum atomic E-state index is -4.56. The molecule has 0 aliphatic carbocycles. The molecule has 0 bridgehead atoms. The first-order valence-electron chi connectivity index (χ1n) is 5.59. The number of nitrogens with one attached hydrogen (secondary N) is 2. The van der Waals surface area contributed by atoms with Crippen LogP contribution in [-0.2, 0) is 16.6 Å². The highest BCUT2D eigenvalue weighted by Gasteiger charge is 2.30. The van der Waals surface area contributed by atoms with Crippen LogP contribution in [0.15, 0.2) is 15.7 Å². The lowest BCUT2D eigenvalue weighted by Crippen LogP contribution is -2.33. The molecule has 0 unspecified atom stereocenters. The van der Waals surface area contributed by atoms with Crippen LogP contribution in [0.4, 0.5) is 13.2 Å². The molecule has 0 saturated carbocycles. The molecule has 0 spiro atoms. The first-order chi connectivity index (χ1) is 8.74. The van der Waals surface area contributed by atoms with E-state index in [1.807, 2.05) is 6.92 Å². The number of hydrogen-bond donors (Lipinski definition) is 2. The Morgan fingerprint density at radius 1 is 1.37 bits per heavy atom. The summed E-state index contributed by atoms with van der Waals surface area (Å²) in [6.07, 6.45) is -3.61. The summed E-state index contributed by atoms with van der Waals surface area (Å²) in [7, 11) is -4.08. The number of rotatable bonds is 7. The summed E-state index contributed by atoms with van der Waals surface area (Å²) in [4.78, 5) is 0. The van der Waals surface area contributed by atoms with E-state index in [1.54, 1.807) is 5.38 Å². The second kappa shape index (κ2) is 6.69. The van der Waals surface area contributed by atoms with E-state index < -0.39 is 22.7 Å².